The smallest absolute Gasteiger partial charge is 0.453 e. The Hall–Kier alpha value is -0.950. The maximum absolute atomic E-state index is 13.5. The lowest BCUT2D eigenvalue weighted by Gasteiger charge is -2.39. The highest BCUT2D eigenvalue weighted by molar-refractivity contribution is 5.72. The average molecular weight is 428 g/mol. The third-order valence-electron chi connectivity index (χ3n) is 7.32. The van der Waals surface area contributed by atoms with Gasteiger partial charge in [0.05, 0.1) is 5.92 Å². The van der Waals surface area contributed by atoms with E-state index in [1.807, 2.05) is 0 Å². The van der Waals surface area contributed by atoms with Gasteiger partial charge in [0.1, 0.15) is 12.3 Å². The molecule has 3 rings (SSSR count). The first kappa shape index (κ1) is 22.7. The lowest BCUT2D eigenvalue weighted by Crippen LogP contribution is -2.45. The lowest BCUT2D eigenvalue weighted by molar-refractivity contribution is -0.306. The number of alkyl halides is 6. The minimum Gasteiger partial charge on any atom is -0.462 e. The molecule has 168 valence electrons. The van der Waals surface area contributed by atoms with Crippen LogP contribution in [-0.2, 0) is 9.53 Å². The van der Waals surface area contributed by atoms with Crippen molar-refractivity contribution in [3.05, 3.63) is 0 Å². The van der Waals surface area contributed by atoms with E-state index in [2.05, 4.69) is 0 Å². The van der Waals surface area contributed by atoms with E-state index in [4.69, 9.17) is 4.74 Å². The van der Waals surface area contributed by atoms with Crippen LogP contribution in [0.4, 0.5) is 26.3 Å². The number of hydrogen-bond acceptors (Lipinski definition) is 2. The van der Waals surface area contributed by atoms with Crippen LogP contribution < -0.4 is 0 Å². The van der Waals surface area contributed by atoms with E-state index in [0.717, 1.165) is 12.8 Å². The van der Waals surface area contributed by atoms with E-state index < -0.39 is 24.2 Å². The average Bonchev–Trinajstić information content (AvgIpc) is 2.69. The van der Waals surface area contributed by atoms with E-state index in [-0.39, 0.29) is 42.7 Å². The monoisotopic (exact) mass is 428 g/mol. The van der Waals surface area contributed by atoms with E-state index in [1.54, 1.807) is 0 Å². The highest BCUT2D eigenvalue weighted by Crippen LogP contribution is 2.50. The summed E-state index contributed by atoms with van der Waals surface area (Å²) in [6.45, 7) is 0. The van der Waals surface area contributed by atoms with Crippen LogP contribution in [0, 0.1) is 23.7 Å². The lowest BCUT2D eigenvalue weighted by atomic mass is 9.68. The van der Waals surface area contributed by atoms with Gasteiger partial charge in [0.2, 0.25) is 0 Å². The minimum absolute atomic E-state index is 0.101. The van der Waals surface area contributed by atoms with E-state index >= 15 is 0 Å². The predicted octanol–water partition coefficient (Wildman–Crippen LogP) is 6.62. The van der Waals surface area contributed by atoms with Crippen molar-refractivity contribution in [3.8, 4) is 0 Å². The molecule has 3 fully saturated rings. The summed E-state index contributed by atoms with van der Waals surface area (Å²) in [6.07, 6.45) is -1.01. The van der Waals surface area contributed by atoms with Crippen molar-refractivity contribution >= 4 is 5.97 Å². The third-order valence-corrected chi connectivity index (χ3v) is 7.32. The van der Waals surface area contributed by atoms with Crippen molar-refractivity contribution in [2.75, 3.05) is 0 Å². The Labute approximate surface area is 167 Å². The molecular formula is C21H30F6O2. The quantitative estimate of drug-likeness (QED) is 0.372. The number of halogens is 6. The van der Waals surface area contributed by atoms with Crippen LogP contribution in [0.3, 0.4) is 0 Å². The molecule has 0 atom stereocenters. The summed E-state index contributed by atoms with van der Waals surface area (Å²) in [5.74, 6) is -6.20. The van der Waals surface area contributed by atoms with Crippen molar-refractivity contribution in [3.63, 3.8) is 0 Å². The Morgan fingerprint density at radius 2 is 1.17 bits per heavy atom. The molecule has 3 aliphatic rings. The molecule has 0 amide bonds. The van der Waals surface area contributed by atoms with Crippen LogP contribution in [0.25, 0.3) is 0 Å². The fourth-order valence-corrected chi connectivity index (χ4v) is 5.41. The van der Waals surface area contributed by atoms with Crippen LogP contribution in [0.2, 0.25) is 0 Å². The summed E-state index contributed by atoms with van der Waals surface area (Å²) >= 11 is 0. The summed E-state index contributed by atoms with van der Waals surface area (Å²) in [5, 5.41) is 0. The zero-order valence-electron chi connectivity index (χ0n) is 16.5. The van der Waals surface area contributed by atoms with E-state index in [0.29, 0.717) is 51.4 Å². The van der Waals surface area contributed by atoms with Gasteiger partial charge >= 0.3 is 18.1 Å². The van der Waals surface area contributed by atoms with Crippen molar-refractivity contribution in [2.45, 2.75) is 101 Å². The molecule has 0 aromatic heterocycles. The molecule has 0 bridgehead atoms. The molecule has 0 radical (unpaired) electrons. The molecule has 0 N–H and O–H groups in total. The summed E-state index contributed by atoms with van der Waals surface area (Å²) in [4.78, 5) is 12.4. The molecule has 0 aromatic rings. The summed E-state index contributed by atoms with van der Waals surface area (Å²) < 4.78 is 83.5. The Balaban J connectivity index is 1.40. The number of ether oxygens (including phenoxy) is 1. The summed E-state index contributed by atoms with van der Waals surface area (Å²) in [5.41, 5.74) is 0. The van der Waals surface area contributed by atoms with Gasteiger partial charge in [0.15, 0.2) is 0 Å². The Morgan fingerprint density at radius 3 is 1.66 bits per heavy atom. The predicted molar refractivity (Wildman–Crippen MR) is 95.1 cm³/mol. The highest BCUT2D eigenvalue weighted by atomic mass is 19.4. The second-order valence-electron chi connectivity index (χ2n) is 9.16. The van der Waals surface area contributed by atoms with Gasteiger partial charge in [0.25, 0.3) is 0 Å². The standard InChI is InChI=1S/C21H30F6O2/c22-17-9-11-18(12-10-17)29-19(28)15-3-1-13(2-4-15)14-5-7-16(8-6-14)20(23,24)21(25,26)27/h13-18H,1-12H2. The summed E-state index contributed by atoms with van der Waals surface area (Å²) in [6, 6.07) is 0. The molecule has 8 heteroatoms. The zero-order chi connectivity index (χ0) is 21.2. The van der Waals surface area contributed by atoms with Gasteiger partial charge in [0, 0.05) is 5.92 Å². The SMILES string of the molecule is O=C(OC1CCC(F)CC1)C1CCC(C2CCC(C(F)(F)C(F)(F)F)CC2)CC1. The van der Waals surface area contributed by atoms with Gasteiger partial charge in [-0.05, 0) is 88.9 Å². The van der Waals surface area contributed by atoms with Crippen LogP contribution in [0.15, 0.2) is 0 Å². The van der Waals surface area contributed by atoms with Crippen molar-refractivity contribution in [2.24, 2.45) is 23.7 Å². The molecule has 0 aromatic carbocycles. The minimum atomic E-state index is -5.48. The molecule has 2 nitrogen and oxygen atoms in total. The molecule has 3 aliphatic carbocycles. The van der Waals surface area contributed by atoms with Gasteiger partial charge in [-0.3, -0.25) is 4.79 Å². The third kappa shape index (κ3) is 5.40. The molecule has 29 heavy (non-hydrogen) atoms. The first-order valence-electron chi connectivity index (χ1n) is 10.9. The number of esters is 1. The van der Waals surface area contributed by atoms with Crippen LogP contribution in [0.5, 0.6) is 0 Å². The molecule has 0 spiro atoms. The van der Waals surface area contributed by atoms with Gasteiger partial charge < -0.3 is 4.74 Å². The summed E-state index contributed by atoms with van der Waals surface area (Å²) in [7, 11) is 0. The Bertz CT molecular complexity index is 540. The van der Waals surface area contributed by atoms with Crippen molar-refractivity contribution in [1.29, 1.82) is 0 Å². The highest BCUT2D eigenvalue weighted by Gasteiger charge is 2.62. The van der Waals surface area contributed by atoms with Crippen LogP contribution in [0.1, 0.15) is 77.0 Å². The maximum atomic E-state index is 13.5. The van der Waals surface area contributed by atoms with E-state index in [9.17, 15) is 31.1 Å². The largest absolute Gasteiger partial charge is 0.462 e. The van der Waals surface area contributed by atoms with E-state index in [1.165, 1.54) is 0 Å². The second-order valence-corrected chi connectivity index (χ2v) is 9.16. The first-order chi connectivity index (χ1) is 13.6. The zero-order valence-corrected chi connectivity index (χ0v) is 16.5. The molecule has 0 saturated heterocycles. The van der Waals surface area contributed by atoms with Gasteiger partial charge in [-0.25, -0.2) is 4.39 Å². The maximum Gasteiger partial charge on any atom is 0.453 e. The number of carbonyl (C=O) groups excluding carboxylic acids is 1. The van der Waals surface area contributed by atoms with Crippen LogP contribution in [-0.4, -0.2) is 30.3 Å². The van der Waals surface area contributed by atoms with Crippen molar-refractivity contribution in [1.82, 2.24) is 0 Å². The number of rotatable bonds is 4. The van der Waals surface area contributed by atoms with Crippen LogP contribution >= 0.6 is 0 Å². The Kier molecular flexibility index (Phi) is 7.09. The molecule has 0 heterocycles. The topological polar surface area (TPSA) is 26.3 Å². The molecule has 3 saturated carbocycles. The molecular weight excluding hydrogens is 398 g/mol. The molecule has 0 unspecified atom stereocenters. The van der Waals surface area contributed by atoms with Crippen molar-refractivity contribution < 1.29 is 35.9 Å². The normalized spacial score (nSPS) is 37.2. The fraction of sp³-hybridized carbons (Fsp3) is 0.952. The number of hydrogen-bond donors (Lipinski definition) is 0. The number of carbonyl (C=O) groups is 1. The Morgan fingerprint density at radius 1 is 0.690 bits per heavy atom. The fourth-order valence-electron chi connectivity index (χ4n) is 5.41. The van der Waals surface area contributed by atoms with Gasteiger partial charge in [-0.2, -0.15) is 22.0 Å². The van der Waals surface area contributed by atoms with Gasteiger partial charge in [-0.1, -0.05) is 0 Å². The second kappa shape index (κ2) is 9.04. The van der Waals surface area contributed by atoms with Gasteiger partial charge in [-0.15, -0.1) is 0 Å². The first-order valence-corrected chi connectivity index (χ1v) is 10.9. The molecule has 0 aliphatic heterocycles.